The molecule has 1 atom stereocenters. The largest absolute Gasteiger partial charge is 0.395 e. The number of aromatic nitrogens is 2. The van der Waals surface area contributed by atoms with E-state index < -0.39 is 0 Å². The molecule has 1 N–H and O–H groups in total. The summed E-state index contributed by atoms with van der Waals surface area (Å²) in [6.07, 6.45) is 6.92. The Balaban J connectivity index is 2.00. The van der Waals surface area contributed by atoms with Crippen LogP contribution in [0.2, 0.25) is 0 Å². The van der Waals surface area contributed by atoms with E-state index in [0.29, 0.717) is 12.1 Å². The van der Waals surface area contributed by atoms with Gasteiger partial charge >= 0.3 is 0 Å². The molecule has 2 heterocycles. The third kappa shape index (κ3) is 3.33. The Kier molecular flexibility index (Phi) is 4.78. The van der Waals surface area contributed by atoms with Gasteiger partial charge in [0.05, 0.1) is 12.3 Å². The fourth-order valence-corrected chi connectivity index (χ4v) is 2.61. The van der Waals surface area contributed by atoms with E-state index in [2.05, 4.69) is 29.9 Å². The van der Waals surface area contributed by atoms with Gasteiger partial charge in [-0.1, -0.05) is 12.8 Å². The lowest BCUT2D eigenvalue weighted by Crippen LogP contribution is -2.37. The summed E-state index contributed by atoms with van der Waals surface area (Å²) < 4.78 is 2.00. The van der Waals surface area contributed by atoms with Crippen LogP contribution in [0.15, 0.2) is 12.3 Å². The van der Waals surface area contributed by atoms with Crippen molar-refractivity contribution in [3.63, 3.8) is 0 Å². The predicted molar refractivity (Wildman–Crippen MR) is 72.4 cm³/mol. The van der Waals surface area contributed by atoms with Gasteiger partial charge in [-0.25, -0.2) is 0 Å². The average molecular weight is 251 g/mol. The maximum absolute atomic E-state index is 9.49. The molecule has 1 unspecified atom stereocenters. The molecule has 0 spiro atoms. The van der Waals surface area contributed by atoms with Crippen molar-refractivity contribution >= 4 is 0 Å². The molecule has 0 aliphatic carbocycles. The van der Waals surface area contributed by atoms with Crippen molar-refractivity contribution in [1.82, 2.24) is 14.7 Å². The van der Waals surface area contributed by atoms with E-state index in [1.807, 2.05) is 10.9 Å². The van der Waals surface area contributed by atoms with Gasteiger partial charge in [0.2, 0.25) is 0 Å². The van der Waals surface area contributed by atoms with Crippen LogP contribution < -0.4 is 0 Å². The zero-order valence-electron chi connectivity index (χ0n) is 11.5. The number of aliphatic hydroxyl groups excluding tert-OH is 1. The van der Waals surface area contributed by atoms with Gasteiger partial charge in [-0.05, 0) is 39.3 Å². The fraction of sp³-hybridized carbons (Fsp3) is 0.786. The highest BCUT2D eigenvalue weighted by molar-refractivity contribution is 5.00. The minimum Gasteiger partial charge on any atom is -0.395 e. The van der Waals surface area contributed by atoms with Crippen molar-refractivity contribution in [3.8, 4) is 0 Å². The monoisotopic (exact) mass is 251 g/mol. The maximum atomic E-state index is 9.49. The molecule has 1 fully saturated rings. The van der Waals surface area contributed by atoms with Crippen molar-refractivity contribution in [2.45, 2.75) is 58.2 Å². The van der Waals surface area contributed by atoms with Gasteiger partial charge in [0.25, 0.3) is 0 Å². The molecule has 0 bridgehead atoms. The first-order valence-corrected chi connectivity index (χ1v) is 7.09. The van der Waals surface area contributed by atoms with Crippen LogP contribution in [-0.2, 0) is 6.54 Å². The highest BCUT2D eigenvalue weighted by Gasteiger charge is 2.21. The Labute approximate surface area is 110 Å². The molecule has 0 aromatic carbocycles. The Morgan fingerprint density at radius 1 is 1.39 bits per heavy atom. The van der Waals surface area contributed by atoms with Gasteiger partial charge in [0, 0.05) is 24.8 Å². The van der Waals surface area contributed by atoms with Crippen molar-refractivity contribution in [2.24, 2.45) is 0 Å². The normalized spacial score (nSPS) is 22.3. The van der Waals surface area contributed by atoms with Gasteiger partial charge < -0.3 is 5.11 Å². The minimum absolute atomic E-state index is 0.269. The van der Waals surface area contributed by atoms with Gasteiger partial charge in [-0.3, -0.25) is 9.58 Å². The van der Waals surface area contributed by atoms with Crippen molar-refractivity contribution < 1.29 is 5.11 Å². The number of hydrogen-bond acceptors (Lipinski definition) is 3. The van der Waals surface area contributed by atoms with E-state index >= 15 is 0 Å². The molecule has 0 radical (unpaired) electrons. The Bertz CT molecular complexity index is 362. The van der Waals surface area contributed by atoms with Gasteiger partial charge in [0.1, 0.15) is 0 Å². The molecule has 4 heteroatoms. The van der Waals surface area contributed by atoms with Crippen molar-refractivity contribution in [3.05, 3.63) is 18.0 Å². The average Bonchev–Trinajstić information content (AvgIpc) is 2.70. The molecule has 0 amide bonds. The molecule has 4 nitrogen and oxygen atoms in total. The molecular weight excluding hydrogens is 226 g/mol. The lowest BCUT2D eigenvalue weighted by Gasteiger charge is -2.27. The number of likely N-dealkylation sites (tertiary alicyclic amines) is 1. The second-order valence-corrected chi connectivity index (χ2v) is 5.54. The highest BCUT2D eigenvalue weighted by atomic mass is 16.3. The SMILES string of the molecule is CC(C)n1ccc(CN2CCCCCC2CO)n1. The van der Waals surface area contributed by atoms with Crippen LogP contribution in [0, 0.1) is 0 Å². The van der Waals surface area contributed by atoms with Gasteiger partial charge in [-0.15, -0.1) is 0 Å². The first kappa shape index (κ1) is 13.6. The van der Waals surface area contributed by atoms with Crippen LogP contribution in [0.25, 0.3) is 0 Å². The van der Waals surface area contributed by atoms with E-state index in [1.165, 1.54) is 19.3 Å². The molecule has 1 aromatic heterocycles. The number of nitrogens with zero attached hydrogens (tertiary/aromatic N) is 3. The van der Waals surface area contributed by atoms with Crippen molar-refractivity contribution in [1.29, 1.82) is 0 Å². The summed E-state index contributed by atoms with van der Waals surface area (Å²) in [6.45, 7) is 6.49. The molecule has 0 saturated carbocycles. The number of hydrogen-bond donors (Lipinski definition) is 1. The van der Waals surface area contributed by atoms with Gasteiger partial charge in [0.15, 0.2) is 0 Å². The van der Waals surface area contributed by atoms with Crippen LogP contribution in [0.5, 0.6) is 0 Å². The van der Waals surface area contributed by atoms with E-state index in [4.69, 9.17) is 0 Å². The Morgan fingerprint density at radius 2 is 2.22 bits per heavy atom. The molecule has 102 valence electrons. The fourth-order valence-electron chi connectivity index (χ4n) is 2.61. The van der Waals surface area contributed by atoms with E-state index in [0.717, 1.165) is 25.2 Å². The summed E-state index contributed by atoms with van der Waals surface area (Å²) >= 11 is 0. The topological polar surface area (TPSA) is 41.3 Å². The van der Waals surface area contributed by atoms with Gasteiger partial charge in [-0.2, -0.15) is 5.10 Å². The van der Waals surface area contributed by atoms with E-state index in [-0.39, 0.29) is 6.61 Å². The molecule has 1 aromatic rings. The third-order valence-corrected chi connectivity index (χ3v) is 3.77. The zero-order valence-corrected chi connectivity index (χ0v) is 11.5. The maximum Gasteiger partial charge on any atom is 0.0765 e. The second kappa shape index (κ2) is 6.34. The smallest absolute Gasteiger partial charge is 0.0765 e. The molecule has 1 aliphatic rings. The molecule has 1 aliphatic heterocycles. The summed E-state index contributed by atoms with van der Waals surface area (Å²) in [4.78, 5) is 2.39. The minimum atomic E-state index is 0.269. The Hall–Kier alpha value is -0.870. The highest BCUT2D eigenvalue weighted by Crippen LogP contribution is 2.18. The first-order chi connectivity index (χ1) is 8.70. The summed E-state index contributed by atoms with van der Waals surface area (Å²) in [5.41, 5.74) is 1.11. The number of aliphatic hydroxyl groups is 1. The van der Waals surface area contributed by atoms with E-state index in [1.54, 1.807) is 0 Å². The number of rotatable bonds is 4. The van der Waals surface area contributed by atoms with Crippen LogP contribution >= 0.6 is 0 Å². The predicted octanol–water partition coefficient (Wildman–Crippen LogP) is 2.20. The summed E-state index contributed by atoms with van der Waals surface area (Å²) in [7, 11) is 0. The molecule has 1 saturated heterocycles. The van der Waals surface area contributed by atoms with Crippen LogP contribution in [-0.4, -0.2) is 39.0 Å². The molecule has 2 rings (SSSR count). The first-order valence-electron chi connectivity index (χ1n) is 7.09. The lowest BCUT2D eigenvalue weighted by atomic mass is 10.1. The summed E-state index contributed by atoms with van der Waals surface area (Å²) in [5, 5.41) is 14.1. The van der Waals surface area contributed by atoms with Crippen molar-refractivity contribution in [2.75, 3.05) is 13.2 Å². The van der Waals surface area contributed by atoms with Crippen LogP contribution in [0.1, 0.15) is 51.3 Å². The summed E-state index contributed by atoms with van der Waals surface area (Å²) in [6, 6.07) is 2.83. The quantitative estimate of drug-likeness (QED) is 0.892. The molecule has 18 heavy (non-hydrogen) atoms. The van der Waals surface area contributed by atoms with E-state index in [9.17, 15) is 5.11 Å². The second-order valence-electron chi connectivity index (χ2n) is 5.54. The summed E-state index contributed by atoms with van der Waals surface area (Å²) in [5.74, 6) is 0. The zero-order chi connectivity index (χ0) is 13.0. The molecular formula is C14H25N3O. The Morgan fingerprint density at radius 3 is 2.89 bits per heavy atom. The van der Waals surface area contributed by atoms with Crippen LogP contribution in [0.4, 0.5) is 0 Å². The van der Waals surface area contributed by atoms with Crippen LogP contribution in [0.3, 0.4) is 0 Å². The standard InChI is InChI=1S/C14H25N3O/c1-12(2)17-9-7-13(15-17)10-16-8-5-3-4-6-14(16)11-18/h7,9,12,14,18H,3-6,8,10-11H2,1-2H3. The lowest BCUT2D eigenvalue weighted by molar-refractivity contribution is 0.117. The third-order valence-electron chi connectivity index (χ3n) is 3.77.